The average Bonchev–Trinajstić information content (AvgIpc) is 3.07. The molecule has 2 heterocycles. The van der Waals surface area contributed by atoms with Gasteiger partial charge in [0, 0.05) is 13.1 Å². The molecule has 8 nitrogen and oxygen atoms in total. The van der Waals surface area contributed by atoms with Crippen molar-refractivity contribution in [2.75, 3.05) is 17.2 Å². The number of nitrogens with two attached hydrogens (primary N) is 1. The summed E-state index contributed by atoms with van der Waals surface area (Å²) < 4.78 is 6.23. The van der Waals surface area contributed by atoms with Gasteiger partial charge in [-0.3, -0.25) is 19.1 Å². The maximum Gasteiger partial charge on any atom is 0.330 e. The minimum absolute atomic E-state index is 0.00115. The van der Waals surface area contributed by atoms with Crippen LogP contribution in [-0.2, 0) is 6.54 Å². The van der Waals surface area contributed by atoms with E-state index in [0.29, 0.717) is 25.1 Å². The molecule has 3 N–H and O–H groups in total. The molecule has 1 amide bonds. The number of carbonyl (C=O) groups is 1. The number of furan rings is 1. The van der Waals surface area contributed by atoms with Crippen molar-refractivity contribution in [2.24, 2.45) is 0 Å². The fourth-order valence-corrected chi connectivity index (χ4v) is 2.46. The van der Waals surface area contributed by atoms with Crippen LogP contribution in [0.15, 0.2) is 32.6 Å². The first-order chi connectivity index (χ1) is 11.5. The predicted molar refractivity (Wildman–Crippen MR) is 91.3 cm³/mol. The van der Waals surface area contributed by atoms with Gasteiger partial charge < -0.3 is 15.1 Å². The molecule has 0 aliphatic heterocycles. The molecule has 0 atom stereocenters. The zero-order chi connectivity index (χ0) is 17.7. The van der Waals surface area contributed by atoms with Crippen LogP contribution in [0.25, 0.3) is 0 Å². The lowest BCUT2D eigenvalue weighted by Gasteiger charge is -2.23. The summed E-state index contributed by atoms with van der Waals surface area (Å²) in [7, 11) is 0. The molecule has 0 saturated carbocycles. The first kappa shape index (κ1) is 17.6. The minimum Gasteiger partial charge on any atom is -0.472 e. The Balaban J connectivity index is 2.55. The van der Waals surface area contributed by atoms with Crippen molar-refractivity contribution >= 4 is 17.4 Å². The second kappa shape index (κ2) is 7.67. The Kier molecular flexibility index (Phi) is 5.62. The van der Waals surface area contributed by atoms with E-state index < -0.39 is 17.2 Å². The summed E-state index contributed by atoms with van der Waals surface area (Å²) in [5, 5.41) is 0. The zero-order valence-corrected chi connectivity index (χ0v) is 13.9. The Morgan fingerprint density at radius 1 is 1.33 bits per heavy atom. The van der Waals surface area contributed by atoms with Gasteiger partial charge in [-0.2, -0.15) is 0 Å². The van der Waals surface area contributed by atoms with Crippen LogP contribution in [0.2, 0.25) is 0 Å². The summed E-state index contributed by atoms with van der Waals surface area (Å²) in [6.45, 7) is 4.54. The largest absolute Gasteiger partial charge is 0.472 e. The monoisotopic (exact) mass is 334 g/mol. The number of hydrogen-bond acceptors (Lipinski definition) is 5. The third kappa shape index (κ3) is 3.42. The highest BCUT2D eigenvalue weighted by atomic mass is 16.3. The summed E-state index contributed by atoms with van der Waals surface area (Å²) in [6, 6.07) is 1.52. The lowest BCUT2D eigenvalue weighted by molar-refractivity contribution is 0.0986. The van der Waals surface area contributed by atoms with Gasteiger partial charge in [0.1, 0.15) is 12.1 Å². The highest BCUT2D eigenvalue weighted by molar-refractivity contribution is 6.06. The van der Waals surface area contributed by atoms with E-state index in [1.165, 1.54) is 28.1 Å². The summed E-state index contributed by atoms with van der Waals surface area (Å²) in [5.74, 6) is -0.397. The lowest BCUT2D eigenvalue weighted by Crippen LogP contribution is -2.41. The molecule has 2 rings (SSSR count). The average molecular weight is 334 g/mol. The van der Waals surface area contributed by atoms with Crippen LogP contribution in [0, 0.1) is 0 Å². The smallest absolute Gasteiger partial charge is 0.330 e. The first-order valence-corrected chi connectivity index (χ1v) is 7.97. The quantitative estimate of drug-likeness (QED) is 0.797. The van der Waals surface area contributed by atoms with Crippen molar-refractivity contribution in [2.45, 2.75) is 39.7 Å². The first-order valence-electron chi connectivity index (χ1n) is 7.97. The van der Waals surface area contributed by atoms with Gasteiger partial charge in [-0.15, -0.1) is 0 Å². The summed E-state index contributed by atoms with van der Waals surface area (Å²) >= 11 is 0. The van der Waals surface area contributed by atoms with Crippen molar-refractivity contribution in [1.82, 2.24) is 9.55 Å². The van der Waals surface area contributed by atoms with E-state index in [-0.39, 0.29) is 11.5 Å². The highest BCUT2D eigenvalue weighted by Crippen LogP contribution is 2.20. The maximum atomic E-state index is 12.7. The molecule has 0 spiro atoms. The fourth-order valence-electron chi connectivity index (χ4n) is 2.46. The lowest BCUT2D eigenvalue weighted by atomic mass is 10.2. The summed E-state index contributed by atoms with van der Waals surface area (Å²) in [5.41, 5.74) is 5.15. The molecule has 0 aliphatic carbocycles. The van der Waals surface area contributed by atoms with E-state index >= 15 is 0 Å². The van der Waals surface area contributed by atoms with Crippen molar-refractivity contribution < 1.29 is 9.21 Å². The molecule has 24 heavy (non-hydrogen) atoms. The van der Waals surface area contributed by atoms with Gasteiger partial charge in [-0.25, -0.2) is 4.79 Å². The molecule has 2 aromatic heterocycles. The van der Waals surface area contributed by atoms with E-state index in [4.69, 9.17) is 10.2 Å². The fraction of sp³-hybridized carbons (Fsp3) is 0.438. The van der Waals surface area contributed by atoms with Crippen molar-refractivity contribution in [1.29, 1.82) is 0 Å². The number of aromatic amines is 1. The molecular formula is C16H22N4O4. The molecule has 0 radical (unpaired) electrons. The maximum absolute atomic E-state index is 12.7. The molecule has 0 aliphatic rings. The number of amides is 1. The van der Waals surface area contributed by atoms with Crippen LogP contribution in [0.5, 0.6) is 0 Å². The number of carbonyl (C=O) groups excluding carboxylic acids is 1. The topological polar surface area (TPSA) is 114 Å². The van der Waals surface area contributed by atoms with Gasteiger partial charge in [-0.05, 0) is 18.9 Å². The van der Waals surface area contributed by atoms with Gasteiger partial charge >= 0.3 is 5.69 Å². The van der Waals surface area contributed by atoms with E-state index in [1.54, 1.807) is 0 Å². The number of aromatic nitrogens is 2. The molecule has 130 valence electrons. The number of H-pyrrole nitrogens is 1. The number of nitrogen functional groups attached to an aromatic ring is 1. The van der Waals surface area contributed by atoms with E-state index in [0.717, 1.165) is 12.8 Å². The zero-order valence-electron chi connectivity index (χ0n) is 13.9. The predicted octanol–water partition coefficient (Wildman–Crippen LogP) is 1.57. The molecule has 8 heteroatoms. The van der Waals surface area contributed by atoms with Crippen LogP contribution < -0.4 is 21.9 Å². The van der Waals surface area contributed by atoms with Gasteiger partial charge in [-0.1, -0.05) is 20.3 Å². The molecule has 2 aromatic rings. The SMILES string of the molecule is CCCCn1c(N)c(N(CCC)C(=O)c2ccoc2)c(=O)[nH]c1=O. The van der Waals surface area contributed by atoms with Gasteiger partial charge in [0.2, 0.25) is 0 Å². The number of hydrogen-bond donors (Lipinski definition) is 2. The Morgan fingerprint density at radius 3 is 2.67 bits per heavy atom. The molecule has 0 unspecified atom stereocenters. The van der Waals surface area contributed by atoms with Crippen LogP contribution in [0.4, 0.5) is 11.5 Å². The summed E-state index contributed by atoms with van der Waals surface area (Å²) in [4.78, 5) is 40.5. The number of nitrogens with one attached hydrogen (secondary N) is 1. The number of anilines is 2. The second-order valence-electron chi connectivity index (χ2n) is 5.47. The summed E-state index contributed by atoms with van der Waals surface area (Å²) in [6.07, 6.45) is 4.91. The van der Waals surface area contributed by atoms with E-state index in [9.17, 15) is 14.4 Å². The Morgan fingerprint density at radius 2 is 2.08 bits per heavy atom. The van der Waals surface area contributed by atoms with Crippen molar-refractivity contribution in [3.63, 3.8) is 0 Å². The molecular weight excluding hydrogens is 312 g/mol. The highest BCUT2D eigenvalue weighted by Gasteiger charge is 2.25. The van der Waals surface area contributed by atoms with E-state index in [1.807, 2.05) is 13.8 Å². The Labute approximate surface area is 138 Å². The third-order valence-corrected chi connectivity index (χ3v) is 3.68. The second-order valence-corrected chi connectivity index (χ2v) is 5.47. The van der Waals surface area contributed by atoms with Crippen molar-refractivity contribution in [3.05, 3.63) is 45.0 Å². The van der Waals surface area contributed by atoms with Gasteiger partial charge in [0.05, 0.1) is 11.8 Å². The number of rotatable bonds is 7. The van der Waals surface area contributed by atoms with Crippen molar-refractivity contribution in [3.8, 4) is 0 Å². The standard InChI is InChI=1S/C16H22N4O4/c1-3-5-8-20-13(17)12(14(21)18-16(20)23)19(7-4-2)15(22)11-6-9-24-10-11/h6,9-10H,3-5,7-8,17H2,1-2H3,(H,18,21,23). The number of nitrogens with zero attached hydrogens (tertiary/aromatic N) is 2. The van der Waals surface area contributed by atoms with Crippen LogP contribution in [0.3, 0.4) is 0 Å². The molecule has 0 bridgehead atoms. The Bertz CT molecular complexity index is 804. The molecule has 0 fully saturated rings. The van der Waals surface area contributed by atoms with Crippen LogP contribution in [-0.4, -0.2) is 22.0 Å². The molecule has 0 saturated heterocycles. The Hall–Kier alpha value is -2.77. The van der Waals surface area contributed by atoms with E-state index in [2.05, 4.69) is 4.98 Å². The minimum atomic E-state index is -0.671. The van der Waals surface area contributed by atoms with Gasteiger partial charge in [0.25, 0.3) is 11.5 Å². The third-order valence-electron chi connectivity index (χ3n) is 3.68. The van der Waals surface area contributed by atoms with Crippen LogP contribution >= 0.6 is 0 Å². The van der Waals surface area contributed by atoms with Crippen LogP contribution in [0.1, 0.15) is 43.5 Å². The van der Waals surface area contributed by atoms with Gasteiger partial charge in [0.15, 0.2) is 5.69 Å². The number of unbranched alkanes of at least 4 members (excludes halogenated alkanes) is 1. The normalized spacial score (nSPS) is 10.8. The molecule has 0 aromatic carbocycles.